The zero-order chi connectivity index (χ0) is 14.1. The summed E-state index contributed by atoms with van der Waals surface area (Å²) in [5.74, 6) is 0. The molecule has 3 heteroatoms. The van der Waals surface area contributed by atoms with Gasteiger partial charge in [-0.05, 0) is 55.0 Å². The first-order chi connectivity index (χ1) is 10.4. The monoisotopic (exact) mass is 292 g/mol. The second-order valence-corrected chi connectivity index (χ2v) is 6.32. The van der Waals surface area contributed by atoms with Gasteiger partial charge in [-0.2, -0.15) is 0 Å². The van der Waals surface area contributed by atoms with Crippen molar-refractivity contribution in [3.8, 4) is 21.8 Å². The van der Waals surface area contributed by atoms with Crippen molar-refractivity contribution >= 4 is 11.3 Å². The van der Waals surface area contributed by atoms with Gasteiger partial charge in [-0.1, -0.05) is 12.1 Å². The molecule has 21 heavy (non-hydrogen) atoms. The van der Waals surface area contributed by atoms with Crippen LogP contribution in [0.2, 0.25) is 0 Å². The lowest BCUT2D eigenvalue weighted by atomic mass is 9.90. The molecule has 2 nitrogen and oxygen atoms in total. The van der Waals surface area contributed by atoms with Gasteiger partial charge in [0.15, 0.2) is 0 Å². The maximum absolute atomic E-state index is 4.79. The Morgan fingerprint density at radius 1 is 0.857 bits per heavy atom. The van der Waals surface area contributed by atoms with Crippen LogP contribution in [-0.4, -0.2) is 9.97 Å². The first-order valence-corrected chi connectivity index (χ1v) is 8.26. The third-order valence-electron chi connectivity index (χ3n) is 4.08. The van der Waals surface area contributed by atoms with Crippen molar-refractivity contribution in [1.82, 2.24) is 9.97 Å². The van der Waals surface area contributed by atoms with Crippen LogP contribution >= 0.6 is 11.3 Å². The third-order valence-corrected chi connectivity index (χ3v) is 4.97. The number of hydrogen-bond donors (Lipinski definition) is 0. The smallest absolute Gasteiger partial charge is 0.124 e. The first kappa shape index (κ1) is 12.7. The number of fused-ring (bicyclic) bond motifs is 1. The van der Waals surface area contributed by atoms with E-state index in [-0.39, 0.29) is 0 Å². The molecule has 0 radical (unpaired) electrons. The van der Waals surface area contributed by atoms with Gasteiger partial charge >= 0.3 is 0 Å². The highest BCUT2D eigenvalue weighted by molar-refractivity contribution is 7.13. The molecule has 0 unspecified atom stereocenters. The molecule has 1 aliphatic carbocycles. The van der Waals surface area contributed by atoms with E-state index < -0.39 is 0 Å². The van der Waals surface area contributed by atoms with Gasteiger partial charge in [0.25, 0.3) is 0 Å². The van der Waals surface area contributed by atoms with Crippen LogP contribution in [0, 0.1) is 0 Å². The maximum Gasteiger partial charge on any atom is 0.124 e. The van der Waals surface area contributed by atoms with Crippen LogP contribution in [0.3, 0.4) is 0 Å². The fraction of sp³-hybridized carbons (Fsp3) is 0.222. The topological polar surface area (TPSA) is 25.8 Å². The summed E-state index contributed by atoms with van der Waals surface area (Å²) < 4.78 is 0. The Balaban J connectivity index is 1.70. The number of thiazole rings is 1. The molecule has 0 fully saturated rings. The van der Waals surface area contributed by atoms with E-state index >= 15 is 0 Å². The quantitative estimate of drug-likeness (QED) is 0.681. The molecule has 0 amide bonds. The molecule has 0 atom stereocenters. The van der Waals surface area contributed by atoms with Gasteiger partial charge in [0.2, 0.25) is 0 Å². The predicted molar refractivity (Wildman–Crippen MR) is 87.4 cm³/mol. The van der Waals surface area contributed by atoms with Crippen molar-refractivity contribution in [2.45, 2.75) is 25.7 Å². The van der Waals surface area contributed by atoms with Gasteiger partial charge in [-0.15, -0.1) is 11.3 Å². The minimum atomic E-state index is 1.06. The van der Waals surface area contributed by atoms with E-state index in [1.54, 1.807) is 11.3 Å². The van der Waals surface area contributed by atoms with E-state index in [9.17, 15) is 0 Å². The largest absolute Gasteiger partial charge is 0.265 e. The van der Waals surface area contributed by atoms with E-state index in [0.29, 0.717) is 0 Å². The minimum Gasteiger partial charge on any atom is -0.265 e. The van der Waals surface area contributed by atoms with Crippen LogP contribution in [0.4, 0.5) is 0 Å². The van der Waals surface area contributed by atoms with Crippen molar-refractivity contribution in [2.75, 3.05) is 0 Å². The van der Waals surface area contributed by atoms with E-state index in [2.05, 4.69) is 28.6 Å². The summed E-state index contributed by atoms with van der Waals surface area (Å²) in [6.45, 7) is 0. The molecule has 0 saturated heterocycles. The summed E-state index contributed by atoms with van der Waals surface area (Å²) in [6, 6.07) is 10.9. The molecular weight excluding hydrogens is 276 g/mol. The van der Waals surface area contributed by atoms with Gasteiger partial charge < -0.3 is 0 Å². The number of benzene rings is 1. The van der Waals surface area contributed by atoms with Crippen LogP contribution < -0.4 is 0 Å². The fourth-order valence-electron chi connectivity index (χ4n) is 2.93. The molecule has 104 valence electrons. The Morgan fingerprint density at radius 2 is 1.67 bits per heavy atom. The Bertz CT molecular complexity index is 762. The highest BCUT2D eigenvalue weighted by Gasteiger charge is 2.12. The number of rotatable bonds is 2. The fourth-order valence-corrected chi connectivity index (χ4v) is 3.76. The third kappa shape index (κ3) is 2.49. The summed E-state index contributed by atoms with van der Waals surface area (Å²) in [5, 5.41) is 3.21. The minimum absolute atomic E-state index is 1.06. The molecule has 4 rings (SSSR count). The number of pyridine rings is 1. The molecule has 0 spiro atoms. The van der Waals surface area contributed by atoms with Crippen molar-refractivity contribution in [3.05, 3.63) is 59.2 Å². The zero-order valence-corrected chi connectivity index (χ0v) is 12.6. The van der Waals surface area contributed by atoms with Crippen molar-refractivity contribution in [3.63, 3.8) is 0 Å². The molecular formula is C18H16N2S. The van der Waals surface area contributed by atoms with E-state index in [0.717, 1.165) is 16.3 Å². The van der Waals surface area contributed by atoms with Crippen LogP contribution in [0.5, 0.6) is 0 Å². The van der Waals surface area contributed by atoms with Crippen molar-refractivity contribution in [2.24, 2.45) is 0 Å². The SMILES string of the molecule is c1cc(-c2nc(-c3ccc4c(c3)CCCC4)cs2)ccn1. The van der Waals surface area contributed by atoms with E-state index in [1.165, 1.54) is 42.4 Å². The highest BCUT2D eigenvalue weighted by Crippen LogP contribution is 2.31. The lowest BCUT2D eigenvalue weighted by molar-refractivity contribution is 0.686. The van der Waals surface area contributed by atoms with Gasteiger partial charge in [-0.25, -0.2) is 4.98 Å². The summed E-state index contributed by atoms with van der Waals surface area (Å²) in [7, 11) is 0. The average molecular weight is 292 g/mol. The second-order valence-electron chi connectivity index (χ2n) is 5.46. The second kappa shape index (κ2) is 5.41. The van der Waals surface area contributed by atoms with E-state index in [4.69, 9.17) is 4.98 Å². The lowest BCUT2D eigenvalue weighted by Gasteiger charge is -2.16. The average Bonchev–Trinajstić information content (AvgIpc) is 3.05. The van der Waals surface area contributed by atoms with Gasteiger partial charge in [-0.3, -0.25) is 4.98 Å². The van der Waals surface area contributed by atoms with Crippen LogP contribution in [0.15, 0.2) is 48.1 Å². The molecule has 0 bridgehead atoms. The van der Waals surface area contributed by atoms with Crippen molar-refractivity contribution in [1.29, 1.82) is 0 Å². The molecule has 2 heterocycles. The van der Waals surface area contributed by atoms with Gasteiger partial charge in [0, 0.05) is 28.9 Å². The Kier molecular flexibility index (Phi) is 3.28. The molecule has 1 aromatic carbocycles. The summed E-state index contributed by atoms with van der Waals surface area (Å²) >= 11 is 1.70. The number of hydrogen-bond acceptors (Lipinski definition) is 3. The maximum atomic E-state index is 4.79. The molecule has 0 saturated carbocycles. The highest BCUT2D eigenvalue weighted by atomic mass is 32.1. The summed E-state index contributed by atoms with van der Waals surface area (Å²) in [6.07, 6.45) is 8.72. The first-order valence-electron chi connectivity index (χ1n) is 7.38. The van der Waals surface area contributed by atoms with Crippen LogP contribution in [0.1, 0.15) is 24.0 Å². The van der Waals surface area contributed by atoms with Gasteiger partial charge in [0.05, 0.1) is 5.69 Å². The Hall–Kier alpha value is -2.00. The molecule has 3 aromatic rings. The Morgan fingerprint density at radius 3 is 2.52 bits per heavy atom. The number of aryl methyl sites for hydroxylation is 2. The standard InChI is InChI=1S/C18H16N2S/c1-2-4-15-11-16(6-5-13(15)3-1)17-12-21-18(20-17)14-7-9-19-10-8-14/h5-12H,1-4H2. The van der Waals surface area contributed by atoms with E-state index in [1.807, 2.05) is 24.5 Å². The van der Waals surface area contributed by atoms with Crippen LogP contribution in [-0.2, 0) is 12.8 Å². The number of nitrogens with zero attached hydrogens (tertiary/aromatic N) is 2. The molecule has 0 N–H and O–H groups in total. The summed E-state index contributed by atoms with van der Waals surface area (Å²) in [5.41, 5.74) is 6.50. The molecule has 1 aliphatic rings. The lowest BCUT2D eigenvalue weighted by Crippen LogP contribution is -2.02. The predicted octanol–water partition coefficient (Wildman–Crippen LogP) is 4.75. The Labute approximate surface area is 128 Å². The zero-order valence-electron chi connectivity index (χ0n) is 11.7. The number of aromatic nitrogens is 2. The van der Waals surface area contributed by atoms with Crippen LogP contribution in [0.25, 0.3) is 21.8 Å². The van der Waals surface area contributed by atoms with Crippen molar-refractivity contribution < 1.29 is 0 Å². The summed E-state index contributed by atoms with van der Waals surface area (Å²) in [4.78, 5) is 8.85. The molecule has 2 aromatic heterocycles. The van der Waals surface area contributed by atoms with Gasteiger partial charge in [0.1, 0.15) is 5.01 Å². The normalized spacial score (nSPS) is 13.9. The molecule has 0 aliphatic heterocycles.